The summed E-state index contributed by atoms with van der Waals surface area (Å²) in [4.78, 5) is 12.9. The van der Waals surface area contributed by atoms with Crippen molar-refractivity contribution >= 4 is 5.97 Å². The molecule has 0 aromatic rings. The molecule has 0 aromatic carbocycles. The Kier molecular flexibility index (Phi) is 4.61. The highest BCUT2D eigenvalue weighted by Gasteiger charge is 2.42. The van der Waals surface area contributed by atoms with Crippen LogP contribution in [0.3, 0.4) is 0 Å². The molecule has 18 heavy (non-hydrogen) atoms. The fraction of sp³-hybridized carbons (Fsp3) is 0.909. The fourth-order valence-electron chi connectivity index (χ4n) is 2.14. The maximum atomic E-state index is 12.4. The summed E-state index contributed by atoms with van der Waals surface area (Å²) in [6.45, 7) is 1.73. The lowest BCUT2D eigenvalue weighted by atomic mass is 9.95. The Bertz CT molecular complexity index is 296. The van der Waals surface area contributed by atoms with Gasteiger partial charge in [-0.25, -0.2) is 4.79 Å². The van der Waals surface area contributed by atoms with Gasteiger partial charge in [-0.3, -0.25) is 4.90 Å². The number of likely N-dealkylation sites (tertiary alicyclic amines) is 1. The van der Waals surface area contributed by atoms with Gasteiger partial charge in [0.25, 0.3) is 0 Å². The third-order valence-corrected chi connectivity index (χ3v) is 3.21. The number of piperidine rings is 1. The number of hydrogen-bond acceptors (Lipinski definition) is 4. The molecule has 1 aliphatic heterocycles. The molecule has 1 atom stereocenters. The molecule has 0 aliphatic carbocycles. The quantitative estimate of drug-likeness (QED) is 0.782. The zero-order valence-electron chi connectivity index (χ0n) is 10.5. The van der Waals surface area contributed by atoms with E-state index in [0.29, 0.717) is 0 Å². The Hall–Kier alpha value is -0.820. The molecule has 1 rings (SSSR count). The van der Waals surface area contributed by atoms with Gasteiger partial charge < -0.3 is 9.84 Å². The molecule has 0 spiro atoms. The van der Waals surface area contributed by atoms with E-state index in [1.807, 2.05) is 0 Å². The number of esters is 1. The highest BCUT2D eigenvalue weighted by atomic mass is 19.4. The minimum atomic E-state index is -4.16. The predicted octanol–water partition coefficient (Wildman–Crippen LogP) is 1.18. The van der Waals surface area contributed by atoms with E-state index in [1.54, 1.807) is 4.90 Å². The molecule has 1 heterocycles. The predicted molar refractivity (Wildman–Crippen MR) is 57.9 cm³/mol. The molecular formula is C11H18F3NO3. The van der Waals surface area contributed by atoms with Gasteiger partial charge in [0, 0.05) is 6.54 Å². The second kappa shape index (κ2) is 5.44. The van der Waals surface area contributed by atoms with Crippen molar-refractivity contribution in [2.24, 2.45) is 5.92 Å². The Morgan fingerprint density at radius 3 is 2.28 bits per heavy atom. The Labute approximate surface area is 104 Å². The minimum Gasteiger partial charge on any atom is -0.467 e. The van der Waals surface area contributed by atoms with E-state index in [9.17, 15) is 23.1 Å². The number of rotatable bonds is 3. The highest BCUT2D eigenvalue weighted by Crippen LogP contribution is 2.34. The molecule has 1 unspecified atom stereocenters. The average Bonchev–Trinajstić information content (AvgIpc) is 2.26. The summed E-state index contributed by atoms with van der Waals surface area (Å²) in [5.41, 5.74) is -1.68. The van der Waals surface area contributed by atoms with Gasteiger partial charge in [0.15, 0.2) is 5.60 Å². The van der Waals surface area contributed by atoms with Crippen molar-refractivity contribution in [3.8, 4) is 0 Å². The van der Waals surface area contributed by atoms with Gasteiger partial charge in [-0.2, -0.15) is 13.2 Å². The topological polar surface area (TPSA) is 49.8 Å². The van der Waals surface area contributed by atoms with Crippen LogP contribution >= 0.6 is 0 Å². The van der Waals surface area contributed by atoms with Gasteiger partial charge in [-0.15, -0.1) is 0 Å². The smallest absolute Gasteiger partial charge is 0.391 e. The third kappa shape index (κ3) is 3.84. The standard InChI is InChI=1S/C11H18F3NO3/c1-10(17,9(16)18-2)7-15-5-3-8(4-6-15)11(12,13)14/h8,17H,3-7H2,1-2H3. The number of β-amino-alcohol motifs (C(OH)–C–C–N with tert-alkyl or cyclic N) is 1. The first-order chi connectivity index (χ1) is 8.16. The lowest BCUT2D eigenvalue weighted by Gasteiger charge is -2.35. The van der Waals surface area contributed by atoms with Crippen LogP contribution in [0.15, 0.2) is 0 Å². The molecule has 4 nitrogen and oxygen atoms in total. The van der Waals surface area contributed by atoms with Crippen LogP contribution in [0, 0.1) is 5.92 Å². The first-order valence-corrected chi connectivity index (χ1v) is 5.76. The number of aliphatic hydroxyl groups is 1. The molecule has 0 amide bonds. The minimum absolute atomic E-state index is 0.000747. The van der Waals surface area contributed by atoms with Crippen LogP contribution in [0.4, 0.5) is 13.2 Å². The lowest BCUT2D eigenvalue weighted by molar-refractivity contribution is -0.187. The maximum Gasteiger partial charge on any atom is 0.391 e. The van der Waals surface area contributed by atoms with E-state index in [2.05, 4.69) is 4.74 Å². The maximum absolute atomic E-state index is 12.4. The second-order valence-corrected chi connectivity index (χ2v) is 4.86. The summed E-state index contributed by atoms with van der Waals surface area (Å²) >= 11 is 0. The van der Waals surface area contributed by atoms with E-state index in [4.69, 9.17) is 0 Å². The van der Waals surface area contributed by atoms with Crippen LogP contribution < -0.4 is 0 Å². The van der Waals surface area contributed by atoms with Crippen molar-refractivity contribution in [1.82, 2.24) is 4.90 Å². The molecule has 1 saturated heterocycles. The summed E-state index contributed by atoms with van der Waals surface area (Å²) in [7, 11) is 1.16. The molecule has 1 aliphatic rings. The number of nitrogens with zero attached hydrogens (tertiary/aromatic N) is 1. The molecule has 0 saturated carbocycles. The summed E-state index contributed by atoms with van der Waals surface area (Å²) in [6, 6.07) is 0. The third-order valence-electron chi connectivity index (χ3n) is 3.21. The van der Waals surface area contributed by atoms with Crippen LogP contribution in [0.25, 0.3) is 0 Å². The van der Waals surface area contributed by atoms with Crippen LogP contribution in [0.2, 0.25) is 0 Å². The van der Waals surface area contributed by atoms with Crippen LogP contribution in [0.1, 0.15) is 19.8 Å². The summed E-state index contributed by atoms with van der Waals surface area (Å²) in [6.07, 6.45) is -4.15. The Morgan fingerprint density at radius 1 is 1.39 bits per heavy atom. The zero-order chi connectivity index (χ0) is 14.0. The van der Waals surface area contributed by atoms with E-state index in [-0.39, 0.29) is 32.5 Å². The molecule has 0 bridgehead atoms. The Morgan fingerprint density at radius 2 is 1.89 bits per heavy atom. The van der Waals surface area contributed by atoms with Crippen molar-refractivity contribution in [3.63, 3.8) is 0 Å². The monoisotopic (exact) mass is 269 g/mol. The van der Waals surface area contributed by atoms with Crippen LogP contribution in [-0.4, -0.2) is 54.5 Å². The zero-order valence-corrected chi connectivity index (χ0v) is 10.5. The number of carbonyl (C=O) groups is 1. The lowest BCUT2D eigenvalue weighted by Crippen LogP contribution is -2.50. The highest BCUT2D eigenvalue weighted by molar-refractivity contribution is 5.78. The van der Waals surface area contributed by atoms with Crippen molar-refractivity contribution < 1.29 is 27.8 Å². The summed E-state index contributed by atoms with van der Waals surface area (Å²) in [5.74, 6) is -2.06. The van der Waals surface area contributed by atoms with Gasteiger partial charge in [0.05, 0.1) is 13.0 Å². The number of alkyl halides is 3. The molecule has 0 radical (unpaired) electrons. The SMILES string of the molecule is COC(=O)C(C)(O)CN1CCC(C(F)(F)F)CC1. The first-order valence-electron chi connectivity index (χ1n) is 5.76. The van der Waals surface area contributed by atoms with E-state index in [0.717, 1.165) is 7.11 Å². The van der Waals surface area contributed by atoms with Gasteiger partial charge >= 0.3 is 12.1 Å². The number of hydrogen-bond donors (Lipinski definition) is 1. The van der Waals surface area contributed by atoms with E-state index >= 15 is 0 Å². The second-order valence-electron chi connectivity index (χ2n) is 4.86. The first kappa shape index (κ1) is 15.2. The van der Waals surface area contributed by atoms with Crippen LogP contribution in [-0.2, 0) is 9.53 Å². The van der Waals surface area contributed by atoms with Crippen molar-refractivity contribution in [2.45, 2.75) is 31.5 Å². The van der Waals surface area contributed by atoms with Crippen LogP contribution in [0.5, 0.6) is 0 Å². The van der Waals surface area contributed by atoms with Gasteiger partial charge in [-0.05, 0) is 32.9 Å². The summed E-state index contributed by atoms with van der Waals surface area (Å²) in [5, 5.41) is 9.82. The molecular weight excluding hydrogens is 251 g/mol. The van der Waals surface area contributed by atoms with Gasteiger partial charge in [0.2, 0.25) is 0 Å². The van der Waals surface area contributed by atoms with Crippen molar-refractivity contribution in [2.75, 3.05) is 26.7 Å². The van der Waals surface area contributed by atoms with Crippen molar-refractivity contribution in [3.05, 3.63) is 0 Å². The largest absolute Gasteiger partial charge is 0.467 e. The van der Waals surface area contributed by atoms with Gasteiger partial charge in [-0.1, -0.05) is 0 Å². The van der Waals surface area contributed by atoms with Gasteiger partial charge in [0.1, 0.15) is 0 Å². The number of methoxy groups -OCH3 is 1. The number of ether oxygens (including phenoxy) is 1. The van der Waals surface area contributed by atoms with Crippen molar-refractivity contribution in [1.29, 1.82) is 0 Å². The Balaban J connectivity index is 2.47. The molecule has 1 fully saturated rings. The number of carbonyl (C=O) groups excluding carboxylic acids is 1. The van der Waals surface area contributed by atoms with E-state index < -0.39 is 23.7 Å². The fourth-order valence-corrected chi connectivity index (χ4v) is 2.14. The summed E-state index contributed by atoms with van der Waals surface area (Å²) < 4.78 is 41.8. The molecule has 106 valence electrons. The molecule has 0 aromatic heterocycles. The molecule has 1 N–H and O–H groups in total. The van der Waals surface area contributed by atoms with E-state index in [1.165, 1.54) is 6.92 Å². The normalized spacial score (nSPS) is 22.6. The molecule has 7 heteroatoms. The average molecular weight is 269 g/mol. The number of halogens is 3.